The van der Waals surface area contributed by atoms with E-state index in [-0.39, 0.29) is 54.7 Å². The Morgan fingerprint density at radius 2 is 1.93 bits per heavy atom. The molecule has 2 aliphatic rings. The van der Waals surface area contributed by atoms with Gasteiger partial charge in [0, 0.05) is 32.5 Å². The molecule has 0 aromatic heterocycles. The second-order valence-electron chi connectivity index (χ2n) is 11.4. The number of carbonyl (C=O) groups excluding carboxylic acids is 3. The lowest BCUT2D eigenvalue weighted by atomic mass is 9.84. The zero-order valence-electron chi connectivity index (χ0n) is 25.3. The lowest BCUT2D eigenvalue weighted by Crippen LogP contribution is -2.58. The first-order chi connectivity index (χ1) is 19.8. The van der Waals surface area contributed by atoms with Crippen molar-refractivity contribution in [2.24, 2.45) is 11.7 Å². The second-order valence-corrected chi connectivity index (χ2v) is 11.6. The molecule has 2 heterocycles. The van der Waals surface area contributed by atoms with E-state index in [1.54, 1.807) is 13.0 Å². The zero-order chi connectivity index (χ0) is 31.4. The van der Waals surface area contributed by atoms with Gasteiger partial charge in [-0.1, -0.05) is 30.7 Å². The molecule has 11 nitrogen and oxygen atoms in total. The van der Waals surface area contributed by atoms with Crippen molar-refractivity contribution in [2.45, 2.75) is 109 Å². The molecule has 0 aliphatic carbocycles. The molecule has 9 atom stereocenters. The quantitative estimate of drug-likeness (QED) is 0.0897. The highest BCUT2D eigenvalue weighted by Crippen LogP contribution is 2.33. The van der Waals surface area contributed by atoms with Gasteiger partial charge in [-0.15, -0.1) is 11.6 Å². The maximum Gasteiger partial charge on any atom is 0.303 e. The number of aliphatic hydroxyl groups is 2. The Morgan fingerprint density at radius 1 is 1.21 bits per heavy atom. The molecule has 238 valence electrons. The van der Waals surface area contributed by atoms with Crippen LogP contribution in [-0.2, 0) is 28.6 Å². The fraction of sp³-hybridized carbons (Fsp3) is 0.700. The molecule has 0 aromatic carbocycles. The van der Waals surface area contributed by atoms with Gasteiger partial charge in [0.15, 0.2) is 0 Å². The van der Waals surface area contributed by atoms with Crippen LogP contribution >= 0.6 is 11.6 Å². The summed E-state index contributed by atoms with van der Waals surface area (Å²) in [4.78, 5) is 35.6. The summed E-state index contributed by atoms with van der Waals surface area (Å²) in [6.45, 7) is 9.58. The van der Waals surface area contributed by atoms with Crippen LogP contribution in [0.4, 0.5) is 0 Å². The molecule has 12 heteroatoms. The van der Waals surface area contributed by atoms with E-state index in [1.807, 2.05) is 26.0 Å². The molecule has 6 N–H and O–H groups in total. The molecule has 0 spiro atoms. The largest absolute Gasteiger partial charge is 0.459 e. The van der Waals surface area contributed by atoms with Gasteiger partial charge in [-0.3, -0.25) is 14.4 Å². The fourth-order valence-electron chi connectivity index (χ4n) is 5.14. The van der Waals surface area contributed by atoms with E-state index >= 15 is 0 Å². The molecule has 2 saturated heterocycles. The molecular weight excluding hydrogens is 566 g/mol. The number of hydrogen-bond acceptors (Lipinski definition) is 9. The van der Waals surface area contributed by atoms with Crippen molar-refractivity contribution in [3.8, 4) is 0 Å². The summed E-state index contributed by atoms with van der Waals surface area (Å²) < 4.78 is 17.2. The van der Waals surface area contributed by atoms with Crippen molar-refractivity contribution >= 4 is 29.4 Å². The third-order valence-corrected chi connectivity index (χ3v) is 8.00. The van der Waals surface area contributed by atoms with Crippen LogP contribution in [0.1, 0.15) is 60.3 Å². The molecule has 0 bridgehead atoms. The molecule has 0 saturated carbocycles. The Bertz CT molecular complexity index is 1010. The second kappa shape index (κ2) is 17.1. The van der Waals surface area contributed by atoms with Crippen LogP contribution in [-0.4, -0.2) is 95.2 Å². The summed E-state index contributed by atoms with van der Waals surface area (Å²) >= 11 is 6.00. The van der Waals surface area contributed by atoms with E-state index in [4.69, 9.17) is 31.5 Å². The SMILES string of the molecule is CC(=O)O[C@@H](C)/C=C\C(=O)N[C@@H]1C[C@H](C)[C@H](C/C=C(C)/C=C/[C@H]2O[C@H](CC(=O)NCCN)C[C@@](O)(CCl)[C@@H]2O)O[C@@H]1C. The van der Waals surface area contributed by atoms with Gasteiger partial charge in [-0.05, 0) is 45.6 Å². The normalized spacial score (nSPS) is 33.0. The monoisotopic (exact) mass is 613 g/mol. The minimum absolute atomic E-state index is 0.0192. The van der Waals surface area contributed by atoms with Gasteiger partial charge in [0.2, 0.25) is 11.8 Å². The van der Waals surface area contributed by atoms with Crippen LogP contribution in [0.5, 0.6) is 0 Å². The molecule has 2 aliphatic heterocycles. The van der Waals surface area contributed by atoms with Crippen LogP contribution in [0.15, 0.2) is 36.0 Å². The fourth-order valence-corrected chi connectivity index (χ4v) is 5.41. The van der Waals surface area contributed by atoms with E-state index in [0.29, 0.717) is 19.5 Å². The molecule has 0 unspecified atom stereocenters. The van der Waals surface area contributed by atoms with Crippen molar-refractivity contribution in [1.29, 1.82) is 0 Å². The van der Waals surface area contributed by atoms with E-state index in [0.717, 1.165) is 12.0 Å². The number of halogens is 1. The standard InChI is InChI=1S/C30H48ClN3O8/c1-18(7-10-26-29(38)30(39,17-31)16-23(42-26)15-28(37)33-13-12-32)6-9-25-19(2)14-24(21(4)41-25)34-27(36)11-8-20(3)40-22(5)35/h6-8,10-11,19-21,23-26,29,38-39H,9,12-17,32H2,1-5H3,(H,33,37)(H,34,36)/b10-7+,11-8-,18-6+/t19-,20-,21+,23+,24+,25-,26+,29+,30+/m0/s1. The van der Waals surface area contributed by atoms with Crippen LogP contribution in [0.2, 0.25) is 0 Å². The van der Waals surface area contributed by atoms with E-state index in [1.165, 1.54) is 19.1 Å². The summed E-state index contributed by atoms with van der Waals surface area (Å²) in [6.07, 6.45) is 6.40. The maximum absolute atomic E-state index is 12.4. The average molecular weight is 614 g/mol. The zero-order valence-corrected chi connectivity index (χ0v) is 26.0. The highest BCUT2D eigenvalue weighted by atomic mass is 35.5. The average Bonchev–Trinajstić information content (AvgIpc) is 2.92. The third-order valence-electron chi connectivity index (χ3n) is 7.54. The van der Waals surface area contributed by atoms with Gasteiger partial charge in [0.25, 0.3) is 0 Å². The molecule has 2 fully saturated rings. The number of amides is 2. The number of ether oxygens (including phenoxy) is 3. The Hall–Kier alpha value is -2.28. The summed E-state index contributed by atoms with van der Waals surface area (Å²) in [6, 6.07) is -0.154. The first kappa shape index (κ1) is 35.9. The molecule has 42 heavy (non-hydrogen) atoms. The highest BCUT2D eigenvalue weighted by molar-refractivity contribution is 6.18. The van der Waals surface area contributed by atoms with Gasteiger partial charge in [-0.2, -0.15) is 0 Å². The van der Waals surface area contributed by atoms with Gasteiger partial charge in [-0.25, -0.2) is 0 Å². The van der Waals surface area contributed by atoms with E-state index in [2.05, 4.69) is 17.6 Å². The number of carbonyl (C=O) groups is 3. The van der Waals surface area contributed by atoms with Gasteiger partial charge in [0.05, 0.1) is 36.7 Å². The van der Waals surface area contributed by atoms with Crippen LogP contribution in [0.3, 0.4) is 0 Å². The Kier molecular flexibility index (Phi) is 14.6. The summed E-state index contributed by atoms with van der Waals surface area (Å²) in [5, 5.41) is 27.3. The van der Waals surface area contributed by atoms with Gasteiger partial charge in [0.1, 0.15) is 23.9 Å². The lowest BCUT2D eigenvalue weighted by Gasteiger charge is -2.43. The molecule has 0 radical (unpaired) electrons. The Balaban J connectivity index is 1.94. The van der Waals surface area contributed by atoms with Crippen LogP contribution in [0.25, 0.3) is 0 Å². The number of rotatable bonds is 13. The van der Waals surface area contributed by atoms with Crippen molar-refractivity contribution in [2.75, 3.05) is 19.0 Å². The number of aliphatic hydroxyl groups excluding tert-OH is 1. The first-order valence-corrected chi connectivity index (χ1v) is 15.1. The Labute approximate surface area is 253 Å². The number of allylic oxidation sites excluding steroid dienone is 2. The van der Waals surface area contributed by atoms with Crippen molar-refractivity contribution in [3.63, 3.8) is 0 Å². The highest BCUT2D eigenvalue weighted by Gasteiger charge is 2.47. The number of nitrogens with one attached hydrogen (secondary N) is 2. The molecular formula is C30H48ClN3O8. The number of nitrogens with two attached hydrogens (primary N) is 1. The topological polar surface area (TPSA) is 169 Å². The number of alkyl halides is 1. The van der Waals surface area contributed by atoms with Crippen LogP contribution in [0, 0.1) is 5.92 Å². The van der Waals surface area contributed by atoms with Gasteiger partial charge >= 0.3 is 5.97 Å². The summed E-state index contributed by atoms with van der Waals surface area (Å²) in [5.74, 6) is -0.948. The van der Waals surface area contributed by atoms with E-state index in [9.17, 15) is 24.6 Å². The van der Waals surface area contributed by atoms with Crippen molar-refractivity contribution in [1.82, 2.24) is 10.6 Å². The Morgan fingerprint density at radius 3 is 2.57 bits per heavy atom. The van der Waals surface area contributed by atoms with E-state index < -0.39 is 36.0 Å². The van der Waals surface area contributed by atoms with Crippen LogP contribution < -0.4 is 16.4 Å². The molecule has 0 aromatic rings. The molecule has 2 amide bonds. The van der Waals surface area contributed by atoms with Gasteiger partial charge < -0.3 is 40.8 Å². The maximum atomic E-state index is 12.4. The predicted octanol–water partition coefficient (Wildman–Crippen LogP) is 1.64. The number of esters is 1. The smallest absolute Gasteiger partial charge is 0.303 e. The van der Waals surface area contributed by atoms with Crippen molar-refractivity contribution in [3.05, 3.63) is 36.0 Å². The third kappa shape index (κ3) is 11.4. The summed E-state index contributed by atoms with van der Waals surface area (Å²) in [7, 11) is 0. The molecule has 2 rings (SSSR count). The minimum atomic E-state index is -1.59. The number of hydrogen-bond donors (Lipinski definition) is 5. The predicted molar refractivity (Wildman–Crippen MR) is 160 cm³/mol. The first-order valence-electron chi connectivity index (χ1n) is 14.5. The minimum Gasteiger partial charge on any atom is -0.459 e. The summed E-state index contributed by atoms with van der Waals surface area (Å²) in [5.41, 5.74) is 4.76. The lowest BCUT2D eigenvalue weighted by molar-refractivity contribution is -0.195. The van der Waals surface area contributed by atoms with Crippen molar-refractivity contribution < 1.29 is 38.8 Å².